The maximum atomic E-state index is 13.7. The molecule has 0 atom stereocenters. The van der Waals surface area contributed by atoms with Crippen LogP contribution in [-0.4, -0.2) is 9.55 Å². The third kappa shape index (κ3) is 2.12. The minimum Gasteiger partial charge on any atom is -0.321 e. The van der Waals surface area contributed by atoms with Crippen LogP contribution in [0.25, 0.3) is 11.0 Å². The lowest BCUT2D eigenvalue weighted by Crippen LogP contribution is -2.33. The molecule has 1 heterocycles. The Bertz CT molecular complexity index is 641. The number of aromatic nitrogens is 2. The van der Waals surface area contributed by atoms with Gasteiger partial charge in [0.05, 0.1) is 16.9 Å². The summed E-state index contributed by atoms with van der Waals surface area (Å²) in [4.78, 5) is 4.54. The van der Waals surface area contributed by atoms with Gasteiger partial charge in [0, 0.05) is 11.6 Å². The number of alkyl halides is 1. The van der Waals surface area contributed by atoms with Crippen molar-refractivity contribution in [3.8, 4) is 0 Å². The Morgan fingerprint density at radius 1 is 1.30 bits per heavy atom. The topological polar surface area (TPSA) is 17.8 Å². The molecule has 3 rings (SSSR count). The van der Waals surface area contributed by atoms with Gasteiger partial charge in [-0.1, -0.05) is 19.3 Å². The van der Waals surface area contributed by atoms with Gasteiger partial charge in [0.15, 0.2) is 0 Å². The number of hydrogen-bond donors (Lipinski definition) is 0. The Kier molecular flexibility index (Phi) is 3.49. The Morgan fingerprint density at radius 3 is 2.65 bits per heavy atom. The largest absolute Gasteiger partial charge is 0.321 e. The molecule has 2 nitrogen and oxygen atoms in total. The van der Waals surface area contributed by atoms with E-state index in [4.69, 9.17) is 11.6 Å². The van der Waals surface area contributed by atoms with Gasteiger partial charge in [-0.05, 0) is 38.3 Å². The molecule has 1 aromatic carbocycles. The van der Waals surface area contributed by atoms with Crippen molar-refractivity contribution < 1.29 is 4.39 Å². The van der Waals surface area contributed by atoms with Crippen LogP contribution in [0.2, 0.25) is 0 Å². The number of imidazole rings is 1. The molecule has 0 amide bonds. The Morgan fingerprint density at radius 2 is 2.00 bits per heavy atom. The number of rotatable bonds is 2. The van der Waals surface area contributed by atoms with Gasteiger partial charge in [0.2, 0.25) is 0 Å². The van der Waals surface area contributed by atoms with Gasteiger partial charge in [-0.2, -0.15) is 0 Å². The molecule has 1 saturated carbocycles. The number of hydrogen-bond acceptors (Lipinski definition) is 1. The number of benzene rings is 1. The molecule has 1 aromatic heterocycles. The zero-order chi connectivity index (χ0) is 14.3. The van der Waals surface area contributed by atoms with Crippen molar-refractivity contribution in [2.75, 3.05) is 0 Å². The van der Waals surface area contributed by atoms with Gasteiger partial charge in [0.25, 0.3) is 0 Å². The SMILES string of the molecule is Cc1cc2c(cc1F)nc(CCl)n2C1(C)CCCCC1. The minimum atomic E-state index is -0.197. The molecule has 4 heteroatoms. The summed E-state index contributed by atoms with van der Waals surface area (Å²) in [6, 6.07) is 3.44. The Hall–Kier alpha value is -1.09. The second-order valence-electron chi connectivity index (χ2n) is 6.14. The second-order valence-corrected chi connectivity index (χ2v) is 6.41. The zero-order valence-corrected chi connectivity index (χ0v) is 12.8. The predicted octanol–water partition coefficient (Wildman–Crippen LogP) is 4.90. The highest BCUT2D eigenvalue weighted by molar-refractivity contribution is 6.16. The quantitative estimate of drug-likeness (QED) is 0.720. The van der Waals surface area contributed by atoms with Crippen LogP contribution in [0.1, 0.15) is 50.4 Å². The number of nitrogens with zero attached hydrogens (tertiary/aromatic N) is 2. The van der Waals surface area contributed by atoms with E-state index in [0.29, 0.717) is 11.4 Å². The Labute approximate surface area is 123 Å². The normalized spacial score (nSPS) is 18.6. The van der Waals surface area contributed by atoms with Crippen LogP contribution in [0.3, 0.4) is 0 Å². The van der Waals surface area contributed by atoms with E-state index in [1.807, 2.05) is 6.07 Å². The molecule has 0 radical (unpaired) electrons. The summed E-state index contributed by atoms with van der Waals surface area (Å²) in [5.41, 5.74) is 2.46. The summed E-state index contributed by atoms with van der Waals surface area (Å²) in [5.74, 6) is 1.03. The van der Waals surface area contributed by atoms with Crippen molar-refractivity contribution >= 4 is 22.6 Å². The van der Waals surface area contributed by atoms with Crippen LogP contribution >= 0.6 is 11.6 Å². The summed E-state index contributed by atoms with van der Waals surface area (Å²) < 4.78 is 16.0. The zero-order valence-electron chi connectivity index (χ0n) is 12.0. The van der Waals surface area contributed by atoms with E-state index in [0.717, 1.165) is 29.7 Å². The van der Waals surface area contributed by atoms with Crippen molar-refractivity contribution in [2.45, 2.75) is 57.4 Å². The van der Waals surface area contributed by atoms with Gasteiger partial charge in [-0.25, -0.2) is 9.37 Å². The standard InChI is InChI=1S/C16H20ClFN2/c1-11-8-14-13(9-12(11)18)19-15(10-17)20(14)16(2)6-4-3-5-7-16/h8-9H,3-7,10H2,1-2H3. The summed E-state index contributed by atoms with van der Waals surface area (Å²) in [6.07, 6.45) is 6.04. The van der Waals surface area contributed by atoms with Crippen LogP contribution < -0.4 is 0 Å². The fraction of sp³-hybridized carbons (Fsp3) is 0.562. The van der Waals surface area contributed by atoms with E-state index >= 15 is 0 Å². The van der Waals surface area contributed by atoms with Crippen molar-refractivity contribution in [2.24, 2.45) is 0 Å². The lowest BCUT2D eigenvalue weighted by Gasteiger charge is -2.36. The molecule has 1 fully saturated rings. The highest BCUT2D eigenvalue weighted by Crippen LogP contribution is 2.38. The van der Waals surface area contributed by atoms with Crippen molar-refractivity contribution in [1.29, 1.82) is 0 Å². The van der Waals surface area contributed by atoms with Gasteiger partial charge in [0.1, 0.15) is 11.6 Å². The van der Waals surface area contributed by atoms with Gasteiger partial charge in [-0.15, -0.1) is 11.6 Å². The lowest BCUT2D eigenvalue weighted by atomic mass is 9.83. The molecule has 2 aromatic rings. The molecule has 0 aliphatic heterocycles. The first-order chi connectivity index (χ1) is 9.55. The van der Waals surface area contributed by atoms with Crippen molar-refractivity contribution in [3.05, 3.63) is 29.3 Å². The van der Waals surface area contributed by atoms with E-state index in [9.17, 15) is 4.39 Å². The fourth-order valence-corrected chi connectivity index (χ4v) is 3.66. The van der Waals surface area contributed by atoms with Crippen LogP contribution in [0.5, 0.6) is 0 Å². The average Bonchev–Trinajstić information content (AvgIpc) is 2.78. The lowest BCUT2D eigenvalue weighted by molar-refractivity contribution is 0.220. The van der Waals surface area contributed by atoms with E-state index < -0.39 is 0 Å². The molecule has 1 aliphatic rings. The summed E-state index contributed by atoms with van der Waals surface area (Å²) in [5, 5.41) is 0. The molecular formula is C16H20ClFN2. The highest BCUT2D eigenvalue weighted by atomic mass is 35.5. The van der Waals surface area contributed by atoms with Crippen molar-refractivity contribution in [3.63, 3.8) is 0 Å². The molecule has 0 unspecified atom stereocenters. The predicted molar refractivity (Wildman–Crippen MR) is 80.7 cm³/mol. The Balaban J connectivity index is 2.24. The summed E-state index contributed by atoms with van der Waals surface area (Å²) in [7, 11) is 0. The molecule has 0 saturated heterocycles. The van der Waals surface area contributed by atoms with Gasteiger partial charge >= 0.3 is 0 Å². The summed E-state index contributed by atoms with van der Waals surface area (Å²) in [6.45, 7) is 4.08. The maximum Gasteiger partial charge on any atom is 0.128 e. The molecule has 0 spiro atoms. The number of fused-ring (bicyclic) bond motifs is 1. The van der Waals surface area contributed by atoms with Crippen LogP contribution in [0, 0.1) is 12.7 Å². The second kappa shape index (κ2) is 5.03. The number of aryl methyl sites for hydroxylation is 1. The van der Waals surface area contributed by atoms with Crippen LogP contribution in [0.4, 0.5) is 4.39 Å². The molecular weight excluding hydrogens is 275 g/mol. The number of halogens is 2. The van der Waals surface area contributed by atoms with Crippen LogP contribution in [-0.2, 0) is 11.4 Å². The first-order valence-corrected chi connectivity index (χ1v) is 7.82. The van der Waals surface area contributed by atoms with Crippen LogP contribution in [0.15, 0.2) is 12.1 Å². The third-order valence-electron chi connectivity index (χ3n) is 4.59. The molecule has 108 valence electrons. The van der Waals surface area contributed by atoms with E-state index in [1.54, 1.807) is 6.92 Å². The van der Waals surface area contributed by atoms with E-state index in [-0.39, 0.29) is 11.4 Å². The molecule has 0 N–H and O–H groups in total. The van der Waals surface area contributed by atoms with Gasteiger partial charge < -0.3 is 4.57 Å². The maximum absolute atomic E-state index is 13.7. The summed E-state index contributed by atoms with van der Waals surface area (Å²) >= 11 is 6.09. The van der Waals surface area contributed by atoms with Gasteiger partial charge in [-0.3, -0.25) is 0 Å². The first-order valence-electron chi connectivity index (χ1n) is 7.29. The van der Waals surface area contributed by atoms with E-state index in [2.05, 4.69) is 16.5 Å². The minimum absolute atomic E-state index is 0.0570. The smallest absolute Gasteiger partial charge is 0.128 e. The van der Waals surface area contributed by atoms with Crippen molar-refractivity contribution in [1.82, 2.24) is 9.55 Å². The third-order valence-corrected chi connectivity index (χ3v) is 4.83. The molecule has 1 aliphatic carbocycles. The van der Waals surface area contributed by atoms with E-state index in [1.165, 1.54) is 25.3 Å². The molecule has 0 bridgehead atoms. The first kappa shape index (κ1) is 13.9. The monoisotopic (exact) mass is 294 g/mol. The molecule has 20 heavy (non-hydrogen) atoms. The fourth-order valence-electron chi connectivity index (χ4n) is 3.48. The highest BCUT2D eigenvalue weighted by Gasteiger charge is 2.32. The average molecular weight is 295 g/mol.